The molecule has 1 unspecified atom stereocenters. The molecule has 3 N–H and O–H groups in total. The largest absolute Gasteiger partial charge is 0.380 e. The number of carbonyl (C=O) groups is 1. The normalized spacial score (nSPS) is 12.4. The number of rotatable bonds is 7. The highest BCUT2D eigenvalue weighted by molar-refractivity contribution is 5.74. The molecule has 0 heterocycles. The zero-order valence-electron chi connectivity index (χ0n) is 10.4. The van der Waals surface area contributed by atoms with Crippen LogP contribution in [-0.4, -0.2) is 19.1 Å². The molecule has 4 heteroatoms. The van der Waals surface area contributed by atoms with E-state index in [4.69, 9.17) is 10.5 Å². The summed E-state index contributed by atoms with van der Waals surface area (Å²) in [5.41, 5.74) is 7.45. The molecule has 0 bridgehead atoms. The molecule has 0 aliphatic heterocycles. The molecule has 0 radical (unpaired) electrons. The van der Waals surface area contributed by atoms with E-state index in [1.165, 1.54) is 5.56 Å². The average molecular weight is 236 g/mol. The molecular formula is C13H20N2O2. The van der Waals surface area contributed by atoms with E-state index in [2.05, 4.69) is 11.4 Å². The molecule has 0 aliphatic carbocycles. The molecule has 1 rings (SSSR count). The fraction of sp³-hybridized carbons (Fsp3) is 0.462. The summed E-state index contributed by atoms with van der Waals surface area (Å²) in [4.78, 5) is 10.7. The van der Waals surface area contributed by atoms with Crippen LogP contribution in [0.1, 0.15) is 24.5 Å². The van der Waals surface area contributed by atoms with Crippen LogP contribution < -0.4 is 11.1 Å². The second-order valence-electron chi connectivity index (χ2n) is 4.21. The average Bonchev–Trinajstić information content (AvgIpc) is 2.26. The molecule has 1 aromatic rings. The summed E-state index contributed by atoms with van der Waals surface area (Å²) in [6, 6.07) is 8.26. The SMILES string of the molecule is COCc1cccc(CNC(C)CC(N)=O)c1. The molecule has 1 atom stereocenters. The van der Waals surface area contributed by atoms with Gasteiger partial charge < -0.3 is 15.8 Å². The summed E-state index contributed by atoms with van der Waals surface area (Å²) in [5.74, 6) is -0.280. The number of hydrogen-bond donors (Lipinski definition) is 2. The number of methoxy groups -OCH3 is 1. The number of amides is 1. The van der Waals surface area contributed by atoms with Gasteiger partial charge in [-0.05, 0) is 18.1 Å². The molecule has 94 valence electrons. The summed E-state index contributed by atoms with van der Waals surface area (Å²) in [7, 11) is 1.68. The van der Waals surface area contributed by atoms with Crippen molar-refractivity contribution in [1.82, 2.24) is 5.32 Å². The Labute approximate surface area is 102 Å². The molecular weight excluding hydrogens is 216 g/mol. The van der Waals surface area contributed by atoms with Gasteiger partial charge >= 0.3 is 0 Å². The van der Waals surface area contributed by atoms with Gasteiger partial charge in [0, 0.05) is 26.1 Å². The van der Waals surface area contributed by atoms with Gasteiger partial charge in [-0.2, -0.15) is 0 Å². The van der Waals surface area contributed by atoms with E-state index < -0.39 is 0 Å². The van der Waals surface area contributed by atoms with Gasteiger partial charge in [-0.15, -0.1) is 0 Å². The van der Waals surface area contributed by atoms with E-state index in [9.17, 15) is 4.79 Å². The minimum Gasteiger partial charge on any atom is -0.380 e. The summed E-state index contributed by atoms with van der Waals surface area (Å²) in [5, 5.41) is 3.26. The molecule has 0 saturated carbocycles. The first-order chi connectivity index (χ1) is 8.11. The number of nitrogens with one attached hydrogen (secondary N) is 1. The van der Waals surface area contributed by atoms with Crippen molar-refractivity contribution in [1.29, 1.82) is 0 Å². The molecule has 1 amide bonds. The van der Waals surface area contributed by atoms with Crippen LogP contribution in [0.4, 0.5) is 0 Å². The Kier molecular flexibility index (Phi) is 5.66. The molecule has 1 aromatic carbocycles. The quantitative estimate of drug-likeness (QED) is 0.747. The van der Waals surface area contributed by atoms with Crippen LogP contribution in [0.2, 0.25) is 0 Å². The predicted molar refractivity (Wildman–Crippen MR) is 67.3 cm³/mol. The van der Waals surface area contributed by atoms with Crippen LogP contribution in [0.15, 0.2) is 24.3 Å². The monoisotopic (exact) mass is 236 g/mol. The van der Waals surface area contributed by atoms with Gasteiger partial charge in [-0.3, -0.25) is 4.79 Å². The number of benzene rings is 1. The van der Waals surface area contributed by atoms with Crippen molar-refractivity contribution in [2.75, 3.05) is 7.11 Å². The van der Waals surface area contributed by atoms with Crippen molar-refractivity contribution >= 4 is 5.91 Å². The van der Waals surface area contributed by atoms with Crippen LogP contribution >= 0.6 is 0 Å². The smallest absolute Gasteiger partial charge is 0.218 e. The van der Waals surface area contributed by atoms with E-state index in [-0.39, 0.29) is 11.9 Å². The van der Waals surface area contributed by atoms with Crippen molar-refractivity contribution < 1.29 is 9.53 Å². The standard InChI is InChI=1S/C13H20N2O2/c1-10(6-13(14)16)15-8-11-4-3-5-12(7-11)9-17-2/h3-5,7,10,15H,6,8-9H2,1-2H3,(H2,14,16). The third kappa shape index (κ3) is 5.47. The summed E-state index contributed by atoms with van der Waals surface area (Å²) in [6.07, 6.45) is 0.359. The van der Waals surface area contributed by atoms with Crippen LogP contribution in [0, 0.1) is 0 Å². The van der Waals surface area contributed by atoms with Crippen LogP contribution in [-0.2, 0) is 22.7 Å². The van der Waals surface area contributed by atoms with Crippen molar-refractivity contribution in [2.24, 2.45) is 5.73 Å². The van der Waals surface area contributed by atoms with E-state index in [0.29, 0.717) is 13.0 Å². The maximum atomic E-state index is 10.7. The van der Waals surface area contributed by atoms with Crippen LogP contribution in [0.3, 0.4) is 0 Å². The molecule has 17 heavy (non-hydrogen) atoms. The predicted octanol–water partition coefficient (Wildman–Crippen LogP) is 1.19. The van der Waals surface area contributed by atoms with E-state index in [1.807, 2.05) is 25.1 Å². The van der Waals surface area contributed by atoms with Gasteiger partial charge in [-0.1, -0.05) is 24.3 Å². The Morgan fingerprint density at radius 1 is 1.47 bits per heavy atom. The van der Waals surface area contributed by atoms with Gasteiger partial charge in [0.2, 0.25) is 5.91 Å². The van der Waals surface area contributed by atoms with E-state index in [0.717, 1.165) is 12.1 Å². The molecule has 4 nitrogen and oxygen atoms in total. The van der Waals surface area contributed by atoms with Crippen molar-refractivity contribution in [3.63, 3.8) is 0 Å². The van der Waals surface area contributed by atoms with Crippen LogP contribution in [0.25, 0.3) is 0 Å². The second-order valence-corrected chi connectivity index (χ2v) is 4.21. The summed E-state index contributed by atoms with van der Waals surface area (Å²) < 4.78 is 5.08. The molecule has 0 saturated heterocycles. The van der Waals surface area contributed by atoms with Gasteiger partial charge in [0.1, 0.15) is 0 Å². The zero-order chi connectivity index (χ0) is 12.7. The number of nitrogens with two attached hydrogens (primary N) is 1. The number of ether oxygens (including phenoxy) is 1. The highest BCUT2D eigenvalue weighted by Crippen LogP contribution is 2.06. The third-order valence-corrected chi connectivity index (χ3v) is 2.46. The topological polar surface area (TPSA) is 64.3 Å². The maximum absolute atomic E-state index is 10.7. The Morgan fingerprint density at radius 3 is 2.82 bits per heavy atom. The zero-order valence-corrected chi connectivity index (χ0v) is 10.4. The first-order valence-corrected chi connectivity index (χ1v) is 5.70. The molecule has 0 aliphatic rings. The minimum absolute atomic E-state index is 0.0959. The Balaban J connectivity index is 2.45. The molecule has 0 spiro atoms. The van der Waals surface area contributed by atoms with Gasteiger partial charge in [0.15, 0.2) is 0 Å². The Bertz CT molecular complexity index is 366. The fourth-order valence-corrected chi connectivity index (χ4v) is 1.66. The van der Waals surface area contributed by atoms with E-state index in [1.54, 1.807) is 7.11 Å². The number of primary amides is 1. The molecule has 0 aromatic heterocycles. The lowest BCUT2D eigenvalue weighted by molar-refractivity contribution is -0.118. The van der Waals surface area contributed by atoms with Gasteiger partial charge in [0.25, 0.3) is 0 Å². The lowest BCUT2D eigenvalue weighted by Gasteiger charge is -2.12. The van der Waals surface area contributed by atoms with Crippen LogP contribution in [0.5, 0.6) is 0 Å². The van der Waals surface area contributed by atoms with Gasteiger partial charge in [-0.25, -0.2) is 0 Å². The number of carbonyl (C=O) groups excluding carboxylic acids is 1. The Hall–Kier alpha value is -1.39. The first-order valence-electron chi connectivity index (χ1n) is 5.70. The third-order valence-electron chi connectivity index (χ3n) is 2.46. The highest BCUT2D eigenvalue weighted by atomic mass is 16.5. The minimum atomic E-state index is -0.280. The van der Waals surface area contributed by atoms with Crippen molar-refractivity contribution in [3.05, 3.63) is 35.4 Å². The van der Waals surface area contributed by atoms with Crippen molar-refractivity contribution in [3.8, 4) is 0 Å². The van der Waals surface area contributed by atoms with Gasteiger partial charge in [0.05, 0.1) is 6.61 Å². The number of hydrogen-bond acceptors (Lipinski definition) is 3. The second kappa shape index (κ2) is 7.04. The maximum Gasteiger partial charge on any atom is 0.218 e. The lowest BCUT2D eigenvalue weighted by atomic mass is 10.1. The van der Waals surface area contributed by atoms with E-state index >= 15 is 0 Å². The molecule has 0 fully saturated rings. The summed E-state index contributed by atoms with van der Waals surface area (Å²) in [6.45, 7) is 3.29. The lowest BCUT2D eigenvalue weighted by Crippen LogP contribution is -2.30. The summed E-state index contributed by atoms with van der Waals surface area (Å²) >= 11 is 0. The Morgan fingerprint density at radius 2 is 2.18 bits per heavy atom. The highest BCUT2D eigenvalue weighted by Gasteiger charge is 2.05. The first kappa shape index (κ1) is 13.7. The van der Waals surface area contributed by atoms with Crippen molar-refractivity contribution in [2.45, 2.75) is 32.5 Å². The fourth-order valence-electron chi connectivity index (χ4n) is 1.66.